The zero-order valence-electron chi connectivity index (χ0n) is 12.0. The zero-order valence-corrected chi connectivity index (χ0v) is 12.0. The van der Waals surface area contributed by atoms with Gasteiger partial charge in [0.25, 0.3) is 5.91 Å². The Balaban J connectivity index is 1.72. The Bertz CT molecular complexity index is 548. The van der Waals surface area contributed by atoms with Crippen LogP contribution in [0.2, 0.25) is 0 Å². The maximum Gasteiger partial charge on any atom is 0.314 e. The number of rotatable bonds is 1. The van der Waals surface area contributed by atoms with Crippen LogP contribution in [-0.2, 0) is 0 Å². The number of nitrogens with zero attached hydrogens (tertiary/aromatic N) is 3. The number of primary amides is 1. The molecule has 3 amide bonds. The Labute approximate surface area is 123 Å². The number of hydrogen-bond acceptors (Lipinski definition) is 3. The normalized spacial score (nSPS) is 25.3. The number of carbonyl (C=O) groups is 2. The van der Waals surface area contributed by atoms with Crippen molar-refractivity contribution in [1.82, 2.24) is 14.8 Å². The van der Waals surface area contributed by atoms with Crippen LogP contribution in [0.25, 0.3) is 0 Å². The Kier molecular flexibility index (Phi) is 3.53. The Morgan fingerprint density at radius 3 is 2.67 bits per heavy atom. The summed E-state index contributed by atoms with van der Waals surface area (Å²) < 4.78 is 0. The Hall–Kier alpha value is -2.11. The first-order chi connectivity index (χ1) is 10.1. The number of likely N-dealkylation sites (tertiary alicyclic amines) is 2. The van der Waals surface area contributed by atoms with Crippen molar-refractivity contribution in [3.8, 4) is 0 Å². The van der Waals surface area contributed by atoms with Crippen LogP contribution in [0, 0.1) is 5.41 Å². The summed E-state index contributed by atoms with van der Waals surface area (Å²) in [6.07, 6.45) is 6.21. The van der Waals surface area contributed by atoms with Crippen LogP contribution in [0.15, 0.2) is 24.5 Å². The van der Waals surface area contributed by atoms with E-state index in [1.807, 2.05) is 4.90 Å². The molecule has 1 aromatic heterocycles. The number of piperidine rings is 1. The highest BCUT2D eigenvalue weighted by Crippen LogP contribution is 2.39. The van der Waals surface area contributed by atoms with Crippen LogP contribution < -0.4 is 5.73 Å². The largest absolute Gasteiger partial charge is 0.351 e. The van der Waals surface area contributed by atoms with Gasteiger partial charge in [-0.3, -0.25) is 9.78 Å². The lowest BCUT2D eigenvalue weighted by Gasteiger charge is -2.40. The third-order valence-corrected chi connectivity index (χ3v) is 4.61. The number of nitrogens with two attached hydrogens (primary N) is 1. The molecule has 2 fully saturated rings. The molecule has 3 heterocycles. The van der Waals surface area contributed by atoms with E-state index >= 15 is 0 Å². The lowest BCUT2D eigenvalue weighted by molar-refractivity contribution is 0.0537. The molecule has 0 aliphatic carbocycles. The number of pyridine rings is 1. The molecule has 0 unspecified atom stereocenters. The first kappa shape index (κ1) is 13.9. The van der Waals surface area contributed by atoms with Gasteiger partial charge in [-0.15, -0.1) is 0 Å². The number of hydrogen-bond donors (Lipinski definition) is 1. The van der Waals surface area contributed by atoms with Crippen molar-refractivity contribution in [2.24, 2.45) is 11.1 Å². The van der Waals surface area contributed by atoms with Crippen LogP contribution in [0.1, 0.15) is 29.6 Å². The third-order valence-electron chi connectivity index (χ3n) is 4.61. The standard InChI is InChI=1S/C15H20N4O2/c16-14(21)19-8-5-15(11-19)4-2-7-18(10-15)13(20)12-3-1-6-17-9-12/h1,3,6,9H,2,4-5,7-8,10-11H2,(H2,16,21)/t15-/m1/s1. The van der Waals surface area contributed by atoms with Crippen LogP contribution in [-0.4, -0.2) is 52.9 Å². The van der Waals surface area contributed by atoms with Crippen molar-refractivity contribution >= 4 is 11.9 Å². The SMILES string of the molecule is NC(=O)N1CC[C@@]2(CCCN(C(=O)c3cccnc3)C2)C1. The van der Waals surface area contributed by atoms with Crippen LogP contribution in [0.3, 0.4) is 0 Å². The zero-order chi connectivity index (χ0) is 14.9. The van der Waals surface area contributed by atoms with Gasteiger partial charge >= 0.3 is 6.03 Å². The summed E-state index contributed by atoms with van der Waals surface area (Å²) in [7, 11) is 0. The molecule has 6 nitrogen and oxygen atoms in total. The lowest BCUT2D eigenvalue weighted by atomic mass is 9.79. The van der Waals surface area contributed by atoms with Gasteiger partial charge in [-0.25, -0.2) is 4.79 Å². The van der Waals surface area contributed by atoms with Gasteiger partial charge < -0.3 is 15.5 Å². The van der Waals surface area contributed by atoms with Crippen LogP contribution in [0.5, 0.6) is 0 Å². The number of carbonyl (C=O) groups excluding carboxylic acids is 2. The predicted molar refractivity (Wildman–Crippen MR) is 77.6 cm³/mol. The Morgan fingerprint density at radius 2 is 2.00 bits per heavy atom. The van der Waals surface area contributed by atoms with E-state index in [-0.39, 0.29) is 17.4 Å². The molecule has 2 saturated heterocycles. The second-order valence-electron chi connectivity index (χ2n) is 6.08. The molecule has 112 valence electrons. The fraction of sp³-hybridized carbons (Fsp3) is 0.533. The van der Waals surface area contributed by atoms with Gasteiger partial charge in [0.15, 0.2) is 0 Å². The van der Waals surface area contributed by atoms with E-state index in [1.54, 1.807) is 29.4 Å². The van der Waals surface area contributed by atoms with Crippen LogP contribution in [0.4, 0.5) is 4.79 Å². The van der Waals surface area contributed by atoms with Crippen molar-refractivity contribution in [3.63, 3.8) is 0 Å². The van der Waals surface area contributed by atoms with E-state index in [0.29, 0.717) is 25.2 Å². The van der Waals surface area contributed by atoms with Crippen molar-refractivity contribution in [2.75, 3.05) is 26.2 Å². The van der Waals surface area contributed by atoms with Gasteiger partial charge in [0.2, 0.25) is 0 Å². The summed E-state index contributed by atoms with van der Waals surface area (Å²) in [6.45, 7) is 2.83. The fourth-order valence-corrected chi connectivity index (χ4v) is 3.51. The van der Waals surface area contributed by atoms with E-state index in [4.69, 9.17) is 5.73 Å². The average molecular weight is 288 g/mol. The summed E-state index contributed by atoms with van der Waals surface area (Å²) in [5.74, 6) is 0.0275. The highest BCUT2D eigenvalue weighted by molar-refractivity contribution is 5.94. The second-order valence-corrected chi connectivity index (χ2v) is 6.08. The smallest absolute Gasteiger partial charge is 0.314 e. The van der Waals surface area contributed by atoms with Crippen LogP contribution >= 0.6 is 0 Å². The topological polar surface area (TPSA) is 79.5 Å². The van der Waals surface area contributed by atoms with Gasteiger partial charge in [0.1, 0.15) is 0 Å². The Morgan fingerprint density at radius 1 is 1.19 bits per heavy atom. The first-order valence-electron chi connectivity index (χ1n) is 7.33. The minimum absolute atomic E-state index is 0.0190. The third kappa shape index (κ3) is 2.70. The quantitative estimate of drug-likeness (QED) is 0.840. The minimum Gasteiger partial charge on any atom is -0.351 e. The van der Waals surface area contributed by atoms with Gasteiger partial charge in [0.05, 0.1) is 5.56 Å². The molecule has 0 bridgehead atoms. The van der Waals surface area contributed by atoms with E-state index in [2.05, 4.69) is 4.98 Å². The molecule has 6 heteroatoms. The molecule has 2 aliphatic heterocycles. The van der Waals surface area contributed by atoms with Gasteiger partial charge in [-0.2, -0.15) is 0 Å². The average Bonchev–Trinajstić information content (AvgIpc) is 2.91. The van der Waals surface area contributed by atoms with Gasteiger partial charge in [-0.1, -0.05) is 0 Å². The molecule has 21 heavy (non-hydrogen) atoms. The molecule has 0 radical (unpaired) electrons. The first-order valence-corrected chi connectivity index (χ1v) is 7.33. The summed E-state index contributed by atoms with van der Waals surface area (Å²) in [5.41, 5.74) is 6.01. The number of urea groups is 1. The molecule has 2 N–H and O–H groups in total. The maximum absolute atomic E-state index is 12.5. The maximum atomic E-state index is 12.5. The minimum atomic E-state index is -0.359. The number of amides is 3. The van der Waals surface area contributed by atoms with Crippen molar-refractivity contribution in [1.29, 1.82) is 0 Å². The molecular weight excluding hydrogens is 268 g/mol. The lowest BCUT2D eigenvalue weighted by Crippen LogP contribution is -2.48. The highest BCUT2D eigenvalue weighted by Gasteiger charge is 2.43. The summed E-state index contributed by atoms with van der Waals surface area (Å²) in [5, 5.41) is 0. The van der Waals surface area contributed by atoms with E-state index in [9.17, 15) is 9.59 Å². The van der Waals surface area contributed by atoms with Crippen molar-refractivity contribution in [3.05, 3.63) is 30.1 Å². The highest BCUT2D eigenvalue weighted by atomic mass is 16.2. The summed E-state index contributed by atoms with van der Waals surface area (Å²) >= 11 is 0. The molecular formula is C15H20N4O2. The molecule has 1 spiro atoms. The molecule has 0 aromatic carbocycles. The van der Waals surface area contributed by atoms with E-state index in [0.717, 1.165) is 25.8 Å². The monoisotopic (exact) mass is 288 g/mol. The molecule has 1 atom stereocenters. The fourth-order valence-electron chi connectivity index (χ4n) is 3.51. The van der Waals surface area contributed by atoms with E-state index < -0.39 is 0 Å². The number of aromatic nitrogens is 1. The van der Waals surface area contributed by atoms with Crippen molar-refractivity contribution in [2.45, 2.75) is 19.3 Å². The van der Waals surface area contributed by atoms with Crippen molar-refractivity contribution < 1.29 is 9.59 Å². The predicted octanol–water partition coefficient (Wildman–Crippen LogP) is 1.09. The van der Waals surface area contributed by atoms with E-state index in [1.165, 1.54) is 0 Å². The summed E-state index contributed by atoms with van der Waals surface area (Å²) in [4.78, 5) is 31.5. The second kappa shape index (κ2) is 5.35. The van der Waals surface area contributed by atoms with Gasteiger partial charge in [0, 0.05) is 44.0 Å². The summed E-state index contributed by atoms with van der Waals surface area (Å²) in [6, 6.07) is 3.21. The molecule has 3 rings (SSSR count). The molecule has 2 aliphatic rings. The molecule has 1 aromatic rings. The van der Waals surface area contributed by atoms with Gasteiger partial charge in [-0.05, 0) is 31.4 Å². The molecule has 0 saturated carbocycles.